The largest absolute Gasteiger partial charge is 0.308 e. The summed E-state index contributed by atoms with van der Waals surface area (Å²) < 4.78 is 28.3. The smallest absolute Gasteiger partial charge is 0.261 e. The molecule has 0 atom stereocenters. The fourth-order valence-electron chi connectivity index (χ4n) is 3.59. The molecule has 3 aromatic rings. The molecule has 0 radical (unpaired) electrons. The zero-order valence-electron chi connectivity index (χ0n) is 16.1. The van der Waals surface area contributed by atoms with Crippen LogP contribution >= 0.6 is 0 Å². The molecule has 4 rings (SSSR count). The molecule has 1 heterocycles. The van der Waals surface area contributed by atoms with Crippen LogP contribution in [0.15, 0.2) is 77.7 Å². The number of sulfonamides is 1. The number of nitrogens with zero attached hydrogens (tertiary/aromatic N) is 1. The maximum absolute atomic E-state index is 13.2. The first-order chi connectivity index (χ1) is 14.0. The number of hydrogen-bond donors (Lipinski definition) is 1. The Morgan fingerprint density at radius 2 is 1.72 bits per heavy atom. The normalized spacial score (nSPS) is 13.6. The van der Waals surface area contributed by atoms with Gasteiger partial charge in [0.1, 0.15) is 0 Å². The third kappa shape index (κ3) is 3.89. The highest BCUT2D eigenvalue weighted by Crippen LogP contribution is 2.28. The van der Waals surface area contributed by atoms with Crippen LogP contribution in [0.25, 0.3) is 0 Å². The van der Waals surface area contributed by atoms with E-state index in [2.05, 4.69) is 4.72 Å². The lowest BCUT2D eigenvalue weighted by Gasteiger charge is -2.29. The van der Waals surface area contributed by atoms with E-state index in [0.29, 0.717) is 17.8 Å². The van der Waals surface area contributed by atoms with Crippen molar-refractivity contribution in [1.82, 2.24) is 0 Å². The van der Waals surface area contributed by atoms with Gasteiger partial charge >= 0.3 is 0 Å². The van der Waals surface area contributed by atoms with Crippen molar-refractivity contribution in [3.63, 3.8) is 0 Å². The molecule has 0 aliphatic carbocycles. The van der Waals surface area contributed by atoms with Crippen molar-refractivity contribution in [1.29, 1.82) is 0 Å². The molecule has 0 spiro atoms. The Morgan fingerprint density at radius 1 is 0.966 bits per heavy atom. The molecule has 5 nitrogen and oxygen atoms in total. The predicted octanol–water partition coefficient (Wildman–Crippen LogP) is 4.39. The maximum Gasteiger partial charge on any atom is 0.261 e. The van der Waals surface area contributed by atoms with E-state index < -0.39 is 10.0 Å². The number of benzene rings is 3. The summed E-state index contributed by atoms with van der Waals surface area (Å²) >= 11 is 0. The van der Waals surface area contributed by atoms with Gasteiger partial charge in [0.2, 0.25) is 0 Å². The number of rotatable bonds is 4. The Kier molecular flexibility index (Phi) is 5.11. The van der Waals surface area contributed by atoms with Gasteiger partial charge in [0.05, 0.1) is 10.6 Å². The summed E-state index contributed by atoms with van der Waals surface area (Å²) in [6.45, 7) is 2.46. The quantitative estimate of drug-likeness (QED) is 0.699. The van der Waals surface area contributed by atoms with Crippen LogP contribution in [-0.4, -0.2) is 20.9 Å². The number of carbonyl (C=O) groups excluding carboxylic acids is 1. The Morgan fingerprint density at radius 3 is 2.55 bits per heavy atom. The van der Waals surface area contributed by atoms with E-state index >= 15 is 0 Å². The third-order valence-electron chi connectivity index (χ3n) is 5.14. The molecule has 3 aromatic carbocycles. The average Bonchev–Trinajstić information content (AvgIpc) is 2.74. The summed E-state index contributed by atoms with van der Waals surface area (Å²) in [5.41, 5.74) is 3.74. The van der Waals surface area contributed by atoms with Crippen molar-refractivity contribution < 1.29 is 13.2 Å². The van der Waals surface area contributed by atoms with E-state index in [1.165, 1.54) is 12.1 Å². The van der Waals surface area contributed by atoms with E-state index in [0.717, 1.165) is 29.7 Å². The highest BCUT2D eigenvalue weighted by Gasteiger charge is 2.24. The molecule has 0 unspecified atom stereocenters. The first-order valence-electron chi connectivity index (χ1n) is 9.54. The summed E-state index contributed by atoms with van der Waals surface area (Å²) in [7, 11) is -3.80. The Bertz CT molecular complexity index is 1170. The molecular weight excluding hydrogens is 384 g/mol. The van der Waals surface area contributed by atoms with Crippen LogP contribution in [0.2, 0.25) is 0 Å². The maximum atomic E-state index is 13.2. The lowest BCUT2D eigenvalue weighted by Crippen LogP contribution is -2.35. The molecule has 0 aromatic heterocycles. The number of carbonyl (C=O) groups is 1. The number of para-hydroxylation sites is 2. The number of aryl methyl sites for hydroxylation is 2. The zero-order valence-corrected chi connectivity index (χ0v) is 16.9. The minimum Gasteiger partial charge on any atom is -0.308 e. The van der Waals surface area contributed by atoms with E-state index in [-0.39, 0.29) is 10.8 Å². The summed E-state index contributed by atoms with van der Waals surface area (Å²) in [6, 6.07) is 21.2. The third-order valence-corrected chi connectivity index (χ3v) is 6.50. The molecule has 1 amide bonds. The van der Waals surface area contributed by atoms with E-state index in [1.54, 1.807) is 29.2 Å². The number of nitrogens with one attached hydrogen (secondary N) is 1. The second-order valence-electron chi connectivity index (χ2n) is 7.14. The van der Waals surface area contributed by atoms with E-state index in [1.807, 2.05) is 43.3 Å². The molecule has 0 saturated carbocycles. The summed E-state index contributed by atoms with van der Waals surface area (Å²) in [5.74, 6) is -0.190. The Labute approximate surface area is 171 Å². The second kappa shape index (κ2) is 7.72. The number of fused-ring (bicyclic) bond motifs is 1. The van der Waals surface area contributed by atoms with Crippen molar-refractivity contribution in [2.75, 3.05) is 16.2 Å². The van der Waals surface area contributed by atoms with Crippen LogP contribution in [0.3, 0.4) is 0 Å². The fourth-order valence-corrected chi connectivity index (χ4v) is 4.76. The molecule has 0 saturated heterocycles. The standard InChI is InChI=1S/C23H22N2O3S/c1-17-8-2-4-13-21(17)24-29(27,28)20-12-6-10-19(16-20)23(26)25-15-7-11-18-9-3-5-14-22(18)25/h2-6,8-10,12-14,16,24H,7,11,15H2,1H3. The van der Waals surface area contributed by atoms with Gasteiger partial charge in [-0.05, 0) is 61.2 Å². The Hall–Kier alpha value is -3.12. The summed E-state index contributed by atoms with van der Waals surface area (Å²) in [4.78, 5) is 15.0. The Balaban J connectivity index is 1.64. The molecule has 6 heteroatoms. The zero-order chi connectivity index (χ0) is 20.4. The molecule has 1 aliphatic heterocycles. The van der Waals surface area contributed by atoms with E-state index in [9.17, 15) is 13.2 Å². The van der Waals surface area contributed by atoms with Crippen LogP contribution in [0.1, 0.15) is 27.9 Å². The van der Waals surface area contributed by atoms with Crippen molar-refractivity contribution in [3.8, 4) is 0 Å². The second-order valence-corrected chi connectivity index (χ2v) is 8.82. The molecular formula is C23H22N2O3S. The van der Waals surface area contributed by atoms with Gasteiger partial charge in [-0.15, -0.1) is 0 Å². The van der Waals surface area contributed by atoms with Crippen molar-refractivity contribution >= 4 is 27.3 Å². The molecule has 0 bridgehead atoms. The van der Waals surface area contributed by atoms with Gasteiger partial charge in [0.15, 0.2) is 0 Å². The first kappa shape index (κ1) is 19.2. The van der Waals surface area contributed by atoms with Gasteiger partial charge in [-0.1, -0.05) is 42.5 Å². The number of hydrogen-bond acceptors (Lipinski definition) is 3. The molecule has 148 valence electrons. The van der Waals surface area contributed by atoms with Gasteiger partial charge in [0.25, 0.3) is 15.9 Å². The monoisotopic (exact) mass is 406 g/mol. The molecule has 0 fully saturated rings. The molecule has 1 aliphatic rings. The van der Waals surface area contributed by atoms with Crippen LogP contribution in [0.5, 0.6) is 0 Å². The minimum atomic E-state index is -3.80. The van der Waals surface area contributed by atoms with Gasteiger partial charge in [-0.3, -0.25) is 9.52 Å². The predicted molar refractivity (Wildman–Crippen MR) is 115 cm³/mol. The van der Waals surface area contributed by atoms with Gasteiger partial charge in [0, 0.05) is 17.8 Å². The first-order valence-corrected chi connectivity index (χ1v) is 11.0. The fraction of sp³-hybridized carbons (Fsp3) is 0.174. The van der Waals surface area contributed by atoms with Crippen molar-refractivity contribution in [2.45, 2.75) is 24.7 Å². The van der Waals surface area contributed by atoms with Crippen molar-refractivity contribution in [2.24, 2.45) is 0 Å². The minimum absolute atomic E-state index is 0.0666. The molecule has 29 heavy (non-hydrogen) atoms. The highest BCUT2D eigenvalue weighted by atomic mass is 32.2. The van der Waals surface area contributed by atoms with Crippen LogP contribution in [0, 0.1) is 6.92 Å². The topological polar surface area (TPSA) is 66.5 Å². The van der Waals surface area contributed by atoms with Crippen molar-refractivity contribution in [3.05, 3.63) is 89.5 Å². The van der Waals surface area contributed by atoms with Gasteiger partial charge in [-0.2, -0.15) is 0 Å². The van der Waals surface area contributed by atoms with E-state index in [4.69, 9.17) is 0 Å². The number of anilines is 2. The summed E-state index contributed by atoms with van der Waals surface area (Å²) in [5, 5.41) is 0. The SMILES string of the molecule is Cc1ccccc1NS(=O)(=O)c1cccc(C(=O)N2CCCc3ccccc32)c1. The van der Waals surface area contributed by atoms with Gasteiger partial charge < -0.3 is 4.90 Å². The van der Waals surface area contributed by atoms with Crippen LogP contribution < -0.4 is 9.62 Å². The van der Waals surface area contributed by atoms with Crippen LogP contribution in [-0.2, 0) is 16.4 Å². The highest BCUT2D eigenvalue weighted by molar-refractivity contribution is 7.92. The molecule has 1 N–H and O–H groups in total. The van der Waals surface area contributed by atoms with Gasteiger partial charge in [-0.25, -0.2) is 8.42 Å². The average molecular weight is 407 g/mol. The summed E-state index contributed by atoms with van der Waals surface area (Å²) in [6.07, 6.45) is 1.82. The lowest BCUT2D eigenvalue weighted by molar-refractivity contribution is 0.0985. The lowest BCUT2D eigenvalue weighted by atomic mass is 10.0. The number of amides is 1. The van der Waals surface area contributed by atoms with Crippen LogP contribution in [0.4, 0.5) is 11.4 Å².